The van der Waals surface area contributed by atoms with Crippen LogP contribution in [0.4, 0.5) is 0 Å². The summed E-state index contributed by atoms with van der Waals surface area (Å²) in [5.74, 6) is 0.306. The average Bonchev–Trinajstić information content (AvgIpc) is 3.39. The normalized spacial score (nSPS) is 23.1. The first-order valence-corrected chi connectivity index (χ1v) is 13.5. The Kier molecular flexibility index (Phi) is 9.42. The van der Waals surface area contributed by atoms with Crippen LogP contribution in [0, 0.1) is 0 Å². The zero-order chi connectivity index (χ0) is 29.6. The van der Waals surface area contributed by atoms with Crippen molar-refractivity contribution in [2.75, 3.05) is 33.4 Å². The van der Waals surface area contributed by atoms with Crippen molar-refractivity contribution in [1.82, 2.24) is 10.3 Å². The van der Waals surface area contributed by atoms with Crippen LogP contribution in [0.5, 0.6) is 17.2 Å². The fraction of sp³-hybridized carbons (Fsp3) is 0.367. The van der Waals surface area contributed by atoms with Gasteiger partial charge in [-0.1, -0.05) is 36.4 Å². The van der Waals surface area contributed by atoms with Crippen molar-refractivity contribution in [3.8, 4) is 17.2 Å². The molecule has 42 heavy (non-hydrogen) atoms. The molecule has 0 radical (unpaired) electrons. The van der Waals surface area contributed by atoms with Crippen LogP contribution < -0.4 is 19.5 Å². The van der Waals surface area contributed by atoms with Gasteiger partial charge in [0.05, 0.1) is 12.6 Å². The lowest BCUT2D eigenvalue weighted by Gasteiger charge is -2.39. The van der Waals surface area contributed by atoms with Gasteiger partial charge in [0.2, 0.25) is 0 Å². The molecular weight excluding hydrogens is 548 g/mol. The van der Waals surface area contributed by atoms with E-state index in [4.69, 9.17) is 23.7 Å². The smallest absolute Gasteiger partial charge is 0.335 e. The van der Waals surface area contributed by atoms with Gasteiger partial charge in [-0.05, 0) is 30.3 Å². The fourth-order valence-corrected chi connectivity index (χ4v) is 4.91. The second kappa shape index (κ2) is 13.4. The van der Waals surface area contributed by atoms with Gasteiger partial charge in [0, 0.05) is 29.4 Å². The summed E-state index contributed by atoms with van der Waals surface area (Å²) >= 11 is 0. The van der Waals surface area contributed by atoms with Gasteiger partial charge in [0.1, 0.15) is 43.4 Å². The molecule has 1 aliphatic heterocycles. The Bertz CT molecular complexity index is 1490. The number of methoxy groups -OCH3 is 1. The van der Waals surface area contributed by atoms with Gasteiger partial charge < -0.3 is 54.4 Å². The molecule has 6 atom stereocenters. The number of carboxylic acids is 1. The molecule has 12 nitrogen and oxygen atoms in total. The van der Waals surface area contributed by atoms with E-state index in [2.05, 4.69) is 10.3 Å². The Morgan fingerprint density at radius 2 is 1.62 bits per heavy atom. The lowest BCUT2D eigenvalue weighted by molar-refractivity contribution is -0.305. The fourth-order valence-electron chi connectivity index (χ4n) is 4.91. The third-order valence-electron chi connectivity index (χ3n) is 7.03. The van der Waals surface area contributed by atoms with Gasteiger partial charge in [-0.25, -0.2) is 4.79 Å². The molecule has 224 valence electrons. The second-order valence-electron chi connectivity index (χ2n) is 9.86. The minimum Gasteiger partial charge on any atom is -0.493 e. The number of aromatic amines is 1. The van der Waals surface area contributed by atoms with Crippen LogP contribution in [0.3, 0.4) is 0 Å². The number of para-hydroxylation sites is 3. The Balaban J connectivity index is 1.28. The molecular formula is C30H34N2O10. The number of ether oxygens (including phenoxy) is 5. The highest BCUT2D eigenvalue weighted by atomic mass is 16.7. The van der Waals surface area contributed by atoms with Gasteiger partial charge >= 0.3 is 5.97 Å². The van der Waals surface area contributed by atoms with Crippen LogP contribution in [-0.4, -0.2) is 102 Å². The molecule has 0 aliphatic carbocycles. The number of hydrogen-bond donors (Lipinski definition) is 6. The van der Waals surface area contributed by atoms with Gasteiger partial charge in [-0.15, -0.1) is 0 Å². The van der Waals surface area contributed by atoms with Crippen molar-refractivity contribution in [3.05, 3.63) is 66.7 Å². The van der Waals surface area contributed by atoms with Gasteiger partial charge in [0.15, 0.2) is 23.9 Å². The summed E-state index contributed by atoms with van der Waals surface area (Å²) in [7, 11) is 1.56. The van der Waals surface area contributed by atoms with Crippen molar-refractivity contribution in [3.63, 3.8) is 0 Å². The highest BCUT2D eigenvalue weighted by Crippen LogP contribution is 2.33. The SMILES string of the molecule is COc1ccccc1OCCNC[C@H](COc1cccc2[nH]c3ccccc3c12)O[C@@H]1O[C@H](C(=O)O)[C@@H](O)[C@H](O)[C@@H]1O. The lowest BCUT2D eigenvalue weighted by Crippen LogP contribution is -2.61. The highest BCUT2D eigenvalue weighted by Gasteiger charge is 2.48. The maximum atomic E-state index is 11.6. The predicted octanol–water partition coefficient (Wildman–Crippen LogP) is 1.65. The summed E-state index contributed by atoms with van der Waals surface area (Å²) in [5.41, 5.74) is 1.85. The zero-order valence-corrected chi connectivity index (χ0v) is 22.9. The van der Waals surface area contributed by atoms with E-state index in [-0.39, 0.29) is 13.2 Å². The molecule has 1 fully saturated rings. The quantitative estimate of drug-likeness (QED) is 0.127. The number of fused-ring (bicyclic) bond motifs is 3. The number of H-pyrrole nitrogens is 1. The minimum atomic E-state index is -1.82. The zero-order valence-electron chi connectivity index (χ0n) is 22.9. The Morgan fingerprint density at radius 3 is 2.40 bits per heavy atom. The Morgan fingerprint density at radius 1 is 0.905 bits per heavy atom. The minimum absolute atomic E-state index is 0.0120. The van der Waals surface area contributed by atoms with E-state index >= 15 is 0 Å². The molecule has 0 bridgehead atoms. The van der Waals surface area contributed by atoms with E-state index in [1.165, 1.54) is 0 Å². The standard InChI is InChI=1S/C30H34N2O10/c1-38-21-10-4-5-11-22(21)39-14-13-31-15-17(41-30-27(35)25(33)26(34)28(42-30)29(36)37)16-40-23-12-6-9-20-24(23)18-7-2-3-8-19(18)32-20/h2-12,17,25-28,30-35H,13-16H2,1H3,(H,36,37)/t17-,25+,26+,27+,28+,30-/m1/s1. The molecule has 3 aromatic carbocycles. The molecule has 0 spiro atoms. The molecule has 1 saturated heterocycles. The van der Waals surface area contributed by atoms with Crippen LogP contribution in [0.15, 0.2) is 66.7 Å². The second-order valence-corrected chi connectivity index (χ2v) is 9.86. The summed E-state index contributed by atoms with van der Waals surface area (Å²) in [6.07, 6.45) is -9.38. The van der Waals surface area contributed by atoms with E-state index in [1.54, 1.807) is 19.2 Å². The molecule has 0 unspecified atom stereocenters. The molecule has 6 N–H and O–H groups in total. The van der Waals surface area contributed by atoms with Crippen molar-refractivity contribution in [1.29, 1.82) is 0 Å². The largest absolute Gasteiger partial charge is 0.493 e. The topological polar surface area (TPSA) is 172 Å². The predicted molar refractivity (Wildman–Crippen MR) is 152 cm³/mol. The lowest BCUT2D eigenvalue weighted by atomic mass is 9.99. The third kappa shape index (κ3) is 6.44. The molecule has 12 heteroatoms. The number of hydrogen-bond acceptors (Lipinski definition) is 10. The Labute approximate surface area is 241 Å². The van der Waals surface area contributed by atoms with Gasteiger partial charge in [0.25, 0.3) is 0 Å². The summed E-state index contributed by atoms with van der Waals surface area (Å²) in [6.45, 7) is 0.893. The number of nitrogens with one attached hydrogen (secondary N) is 2. The average molecular weight is 583 g/mol. The van der Waals surface area contributed by atoms with E-state index in [1.807, 2.05) is 54.6 Å². The van der Waals surface area contributed by atoms with E-state index in [0.29, 0.717) is 30.4 Å². The first-order valence-electron chi connectivity index (χ1n) is 13.5. The first kappa shape index (κ1) is 29.6. The molecule has 1 aromatic heterocycles. The molecule has 0 amide bonds. The number of benzene rings is 3. The summed E-state index contributed by atoms with van der Waals surface area (Å²) in [5, 5.41) is 45.3. The number of aliphatic hydroxyl groups excluding tert-OH is 3. The molecule has 5 rings (SSSR count). The monoisotopic (exact) mass is 582 g/mol. The van der Waals surface area contributed by atoms with Crippen LogP contribution in [-0.2, 0) is 14.3 Å². The number of aromatic nitrogens is 1. The maximum absolute atomic E-state index is 11.6. The summed E-state index contributed by atoms with van der Waals surface area (Å²) in [4.78, 5) is 14.9. The Hall–Kier alpha value is -3.91. The number of aliphatic hydroxyl groups is 3. The van der Waals surface area contributed by atoms with Crippen molar-refractivity contribution in [2.45, 2.75) is 36.8 Å². The third-order valence-corrected chi connectivity index (χ3v) is 7.03. The number of aliphatic carboxylic acids is 1. The van der Waals surface area contributed by atoms with Gasteiger partial charge in [-0.2, -0.15) is 0 Å². The van der Waals surface area contributed by atoms with Crippen LogP contribution >= 0.6 is 0 Å². The molecule has 2 heterocycles. The molecule has 1 aliphatic rings. The van der Waals surface area contributed by atoms with E-state index in [0.717, 1.165) is 21.8 Å². The molecule has 4 aromatic rings. The van der Waals surface area contributed by atoms with Crippen LogP contribution in [0.2, 0.25) is 0 Å². The van der Waals surface area contributed by atoms with Crippen molar-refractivity contribution < 1.29 is 48.9 Å². The summed E-state index contributed by atoms with van der Waals surface area (Å²) in [6, 6.07) is 20.8. The maximum Gasteiger partial charge on any atom is 0.335 e. The molecule has 0 saturated carbocycles. The number of rotatable bonds is 13. The highest BCUT2D eigenvalue weighted by molar-refractivity contribution is 6.10. The van der Waals surface area contributed by atoms with Crippen molar-refractivity contribution >= 4 is 27.8 Å². The summed E-state index contributed by atoms with van der Waals surface area (Å²) < 4.78 is 28.6. The van der Waals surface area contributed by atoms with E-state index in [9.17, 15) is 25.2 Å². The van der Waals surface area contributed by atoms with Crippen molar-refractivity contribution in [2.24, 2.45) is 0 Å². The van der Waals surface area contributed by atoms with Gasteiger partial charge in [-0.3, -0.25) is 0 Å². The van der Waals surface area contributed by atoms with Crippen LogP contribution in [0.1, 0.15) is 0 Å². The van der Waals surface area contributed by atoms with E-state index < -0.39 is 42.8 Å². The van der Waals surface area contributed by atoms with Crippen LogP contribution in [0.25, 0.3) is 21.8 Å². The number of carbonyl (C=O) groups is 1. The number of carboxylic acid groups (broad SMARTS) is 1. The first-order chi connectivity index (χ1) is 20.4.